The number of nitrogens with zero attached hydrogens (tertiary/aromatic N) is 1. The van der Waals surface area contributed by atoms with E-state index in [1.54, 1.807) is 32.9 Å². The summed E-state index contributed by atoms with van der Waals surface area (Å²) >= 11 is 0. The third-order valence-electron chi connectivity index (χ3n) is 2.32. The molecule has 0 bridgehead atoms. The van der Waals surface area contributed by atoms with E-state index in [1.807, 2.05) is 6.92 Å². The molecule has 0 aromatic carbocycles. The summed E-state index contributed by atoms with van der Waals surface area (Å²) in [6, 6.07) is 3.49. The van der Waals surface area contributed by atoms with Gasteiger partial charge in [-0.3, -0.25) is 14.6 Å². The zero-order chi connectivity index (χ0) is 13.1. The fraction of sp³-hybridized carbons (Fsp3) is 0.462. The van der Waals surface area contributed by atoms with Crippen LogP contribution in [-0.4, -0.2) is 23.2 Å². The van der Waals surface area contributed by atoms with Crippen molar-refractivity contribution in [2.45, 2.75) is 27.7 Å². The van der Waals surface area contributed by atoms with Gasteiger partial charge in [0.25, 0.3) is 0 Å². The lowest BCUT2D eigenvalue weighted by Gasteiger charge is -2.17. The Labute approximate surface area is 101 Å². The van der Waals surface area contributed by atoms with E-state index >= 15 is 0 Å². The molecular formula is C13H18N2O2. The van der Waals surface area contributed by atoms with Crippen molar-refractivity contribution in [1.82, 2.24) is 10.3 Å². The molecule has 1 amide bonds. The van der Waals surface area contributed by atoms with Gasteiger partial charge >= 0.3 is 0 Å². The molecular weight excluding hydrogens is 216 g/mol. The molecule has 0 aliphatic carbocycles. The van der Waals surface area contributed by atoms with Crippen LogP contribution in [0.15, 0.2) is 18.3 Å². The Kier molecular flexibility index (Phi) is 3.99. The van der Waals surface area contributed by atoms with Gasteiger partial charge < -0.3 is 5.32 Å². The van der Waals surface area contributed by atoms with Crippen LogP contribution in [-0.2, 0) is 4.79 Å². The fourth-order valence-electron chi connectivity index (χ4n) is 1.16. The number of carbonyl (C=O) groups is 2. The first-order valence-electron chi connectivity index (χ1n) is 5.55. The summed E-state index contributed by atoms with van der Waals surface area (Å²) in [6.45, 7) is 7.29. The van der Waals surface area contributed by atoms with Crippen molar-refractivity contribution in [2.24, 2.45) is 5.41 Å². The van der Waals surface area contributed by atoms with E-state index in [0.717, 1.165) is 5.69 Å². The molecule has 17 heavy (non-hydrogen) atoms. The number of aryl methyl sites for hydroxylation is 1. The van der Waals surface area contributed by atoms with Crippen molar-refractivity contribution in [3.8, 4) is 0 Å². The van der Waals surface area contributed by atoms with Gasteiger partial charge in [0.05, 0.1) is 6.54 Å². The maximum Gasteiger partial charge on any atom is 0.225 e. The second-order valence-corrected chi connectivity index (χ2v) is 5.04. The molecule has 4 heteroatoms. The smallest absolute Gasteiger partial charge is 0.225 e. The minimum Gasteiger partial charge on any atom is -0.348 e. The summed E-state index contributed by atoms with van der Waals surface area (Å²) in [5, 5.41) is 2.62. The standard InChI is InChI=1S/C13H18N2O2/c1-9-5-6-10(7-14-9)11(16)8-15-12(17)13(2,3)4/h5-7H,8H2,1-4H3,(H,15,17). The number of pyridine rings is 1. The van der Waals surface area contributed by atoms with E-state index in [9.17, 15) is 9.59 Å². The Morgan fingerprint density at radius 1 is 1.29 bits per heavy atom. The lowest BCUT2D eigenvalue weighted by atomic mass is 9.95. The number of carbonyl (C=O) groups excluding carboxylic acids is 2. The van der Waals surface area contributed by atoms with Crippen LogP contribution >= 0.6 is 0 Å². The minimum atomic E-state index is -0.480. The van der Waals surface area contributed by atoms with Crippen LogP contribution in [0, 0.1) is 12.3 Å². The third kappa shape index (κ3) is 3.98. The minimum absolute atomic E-state index is 0.0147. The van der Waals surface area contributed by atoms with Crippen LogP contribution in [0.4, 0.5) is 0 Å². The summed E-state index contributed by atoms with van der Waals surface area (Å²) in [5.74, 6) is -0.263. The zero-order valence-electron chi connectivity index (χ0n) is 10.7. The fourth-order valence-corrected chi connectivity index (χ4v) is 1.16. The normalized spacial score (nSPS) is 11.1. The highest BCUT2D eigenvalue weighted by molar-refractivity contribution is 5.99. The second kappa shape index (κ2) is 5.08. The monoisotopic (exact) mass is 234 g/mol. The molecule has 1 aromatic rings. The number of hydrogen-bond acceptors (Lipinski definition) is 3. The lowest BCUT2D eigenvalue weighted by Crippen LogP contribution is -2.37. The molecule has 0 radical (unpaired) electrons. The van der Waals surface area contributed by atoms with Crippen LogP contribution in [0.2, 0.25) is 0 Å². The topological polar surface area (TPSA) is 59.1 Å². The van der Waals surface area contributed by atoms with Gasteiger partial charge in [-0.05, 0) is 19.1 Å². The molecule has 0 unspecified atom stereocenters. The van der Waals surface area contributed by atoms with Crippen LogP contribution in [0.3, 0.4) is 0 Å². The average molecular weight is 234 g/mol. The van der Waals surface area contributed by atoms with E-state index in [2.05, 4.69) is 10.3 Å². The number of aromatic nitrogens is 1. The molecule has 0 atom stereocenters. The molecule has 0 saturated heterocycles. The first kappa shape index (κ1) is 13.4. The summed E-state index contributed by atoms with van der Waals surface area (Å²) < 4.78 is 0. The highest BCUT2D eigenvalue weighted by atomic mass is 16.2. The van der Waals surface area contributed by atoms with E-state index in [-0.39, 0.29) is 18.2 Å². The Morgan fingerprint density at radius 2 is 1.94 bits per heavy atom. The largest absolute Gasteiger partial charge is 0.348 e. The van der Waals surface area contributed by atoms with Crippen molar-refractivity contribution in [3.05, 3.63) is 29.6 Å². The summed E-state index contributed by atoms with van der Waals surface area (Å²) in [5.41, 5.74) is 0.899. The Hall–Kier alpha value is -1.71. The van der Waals surface area contributed by atoms with Gasteiger partial charge in [0.2, 0.25) is 5.91 Å². The van der Waals surface area contributed by atoms with Gasteiger partial charge in [-0.25, -0.2) is 0 Å². The average Bonchev–Trinajstić information content (AvgIpc) is 2.25. The first-order valence-corrected chi connectivity index (χ1v) is 5.55. The van der Waals surface area contributed by atoms with Gasteiger partial charge in [0.1, 0.15) is 0 Å². The molecule has 4 nitrogen and oxygen atoms in total. The maximum atomic E-state index is 11.7. The van der Waals surface area contributed by atoms with Crippen molar-refractivity contribution < 1.29 is 9.59 Å². The van der Waals surface area contributed by atoms with E-state index in [4.69, 9.17) is 0 Å². The summed E-state index contributed by atoms with van der Waals surface area (Å²) in [7, 11) is 0. The van der Waals surface area contributed by atoms with Gasteiger partial charge in [0.15, 0.2) is 5.78 Å². The molecule has 0 spiro atoms. The molecule has 1 heterocycles. The van der Waals surface area contributed by atoms with Gasteiger partial charge in [-0.2, -0.15) is 0 Å². The van der Waals surface area contributed by atoms with E-state index in [1.165, 1.54) is 6.20 Å². The SMILES string of the molecule is Cc1ccc(C(=O)CNC(=O)C(C)(C)C)cn1. The molecule has 1 N–H and O–H groups in total. The van der Waals surface area contributed by atoms with Crippen molar-refractivity contribution >= 4 is 11.7 Å². The lowest BCUT2D eigenvalue weighted by molar-refractivity contribution is -0.128. The maximum absolute atomic E-state index is 11.7. The van der Waals surface area contributed by atoms with Crippen molar-refractivity contribution in [2.75, 3.05) is 6.54 Å². The number of amides is 1. The van der Waals surface area contributed by atoms with Crippen LogP contribution in [0.1, 0.15) is 36.8 Å². The van der Waals surface area contributed by atoms with Crippen LogP contribution in [0.25, 0.3) is 0 Å². The Bertz CT molecular complexity index is 416. The molecule has 1 rings (SSSR count). The summed E-state index contributed by atoms with van der Waals surface area (Å²) in [6.07, 6.45) is 1.53. The van der Waals surface area contributed by atoms with Crippen LogP contribution < -0.4 is 5.32 Å². The van der Waals surface area contributed by atoms with Crippen LogP contribution in [0.5, 0.6) is 0 Å². The molecule has 0 saturated carbocycles. The van der Waals surface area contributed by atoms with E-state index < -0.39 is 5.41 Å². The Morgan fingerprint density at radius 3 is 2.41 bits per heavy atom. The molecule has 1 aromatic heterocycles. The second-order valence-electron chi connectivity index (χ2n) is 5.04. The highest BCUT2D eigenvalue weighted by Gasteiger charge is 2.21. The number of ketones is 1. The van der Waals surface area contributed by atoms with Crippen molar-refractivity contribution in [1.29, 1.82) is 0 Å². The Balaban J connectivity index is 2.56. The summed E-state index contributed by atoms with van der Waals surface area (Å²) in [4.78, 5) is 27.4. The third-order valence-corrected chi connectivity index (χ3v) is 2.32. The number of rotatable bonds is 3. The molecule has 0 fully saturated rings. The van der Waals surface area contributed by atoms with Gasteiger partial charge in [-0.1, -0.05) is 20.8 Å². The highest BCUT2D eigenvalue weighted by Crippen LogP contribution is 2.12. The predicted molar refractivity (Wildman–Crippen MR) is 65.8 cm³/mol. The van der Waals surface area contributed by atoms with Gasteiger partial charge in [-0.15, -0.1) is 0 Å². The molecule has 0 aliphatic rings. The molecule has 0 aliphatic heterocycles. The number of hydrogen-bond donors (Lipinski definition) is 1. The molecule has 92 valence electrons. The van der Waals surface area contributed by atoms with Crippen molar-refractivity contribution in [3.63, 3.8) is 0 Å². The van der Waals surface area contributed by atoms with E-state index in [0.29, 0.717) is 5.56 Å². The number of nitrogens with one attached hydrogen (secondary N) is 1. The predicted octanol–water partition coefficient (Wildman–Crippen LogP) is 1.74. The van der Waals surface area contributed by atoms with Gasteiger partial charge in [0, 0.05) is 22.9 Å². The first-order chi connectivity index (χ1) is 7.80. The quantitative estimate of drug-likeness (QED) is 0.810. The zero-order valence-corrected chi connectivity index (χ0v) is 10.7. The number of Topliss-reactive ketones (excluding diaryl/α,β-unsaturated/α-hetero) is 1.